The van der Waals surface area contributed by atoms with E-state index >= 15 is 0 Å². The van der Waals surface area contributed by atoms with E-state index in [1.165, 1.54) is 0 Å². The molecule has 0 aliphatic heterocycles. The largest absolute Gasteiger partial charge is 0.389 e. The summed E-state index contributed by atoms with van der Waals surface area (Å²) in [5, 5.41) is 20.4. The van der Waals surface area contributed by atoms with Gasteiger partial charge in [-0.2, -0.15) is 5.26 Å². The lowest BCUT2D eigenvalue weighted by molar-refractivity contribution is -0.0792. The molecule has 1 N–H and O–H groups in total. The van der Waals surface area contributed by atoms with Crippen LogP contribution in [0, 0.1) is 34.5 Å². The van der Waals surface area contributed by atoms with Crippen LogP contribution in [0.4, 0.5) is 0 Å². The maximum atomic E-state index is 10.8. The molecule has 0 heterocycles. The zero-order valence-electron chi connectivity index (χ0n) is 12.7. The molecule has 0 radical (unpaired) electrons. The molecule has 0 aromatic heterocycles. The molecule has 2 heteroatoms. The Morgan fingerprint density at radius 2 is 1.78 bits per heavy atom. The first kappa shape index (κ1) is 15.5. The van der Waals surface area contributed by atoms with Gasteiger partial charge in [0, 0.05) is 0 Å². The molecule has 1 unspecified atom stereocenters. The molecule has 0 amide bonds. The van der Waals surface area contributed by atoms with Crippen molar-refractivity contribution in [1.29, 1.82) is 5.26 Å². The third-order valence-corrected chi connectivity index (χ3v) is 4.88. The van der Waals surface area contributed by atoms with Gasteiger partial charge in [-0.3, -0.25) is 0 Å². The quantitative estimate of drug-likeness (QED) is 0.816. The Bertz CT molecular complexity index is 304. The Morgan fingerprint density at radius 3 is 2.11 bits per heavy atom. The summed E-state index contributed by atoms with van der Waals surface area (Å²) < 4.78 is 0. The second-order valence-electron chi connectivity index (χ2n) is 7.15. The number of hydrogen-bond acceptors (Lipinski definition) is 2. The van der Waals surface area contributed by atoms with E-state index in [2.05, 4.69) is 33.8 Å². The second-order valence-corrected chi connectivity index (χ2v) is 7.15. The molecule has 1 atom stereocenters. The van der Waals surface area contributed by atoms with E-state index in [4.69, 9.17) is 0 Å². The summed E-state index contributed by atoms with van der Waals surface area (Å²) in [7, 11) is 0. The van der Waals surface area contributed by atoms with Gasteiger partial charge in [-0.15, -0.1) is 0 Å². The summed E-state index contributed by atoms with van der Waals surface area (Å²) in [6.45, 7) is 10.6. The standard InChI is InChI=1S/C16H29NO/c1-12(2)10-15(5,18)16(11-17)8-6-14(7-9-16)13(3)4/h12-14,18H,6-10H2,1-5H3. The van der Waals surface area contributed by atoms with Crippen molar-refractivity contribution in [2.75, 3.05) is 0 Å². The maximum absolute atomic E-state index is 10.8. The van der Waals surface area contributed by atoms with E-state index < -0.39 is 11.0 Å². The number of nitriles is 1. The smallest absolute Gasteiger partial charge is 0.0857 e. The molecule has 104 valence electrons. The van der Waals surface area contributed by atoms with Crippen molar-refractivity contribution in [2.45, 2.75) is 72.3 Å². The molecule has 1 saturated carbocycles. The normalized spacial score (nSPS) is 32.3. The third kappa shape index (κ3) is 3.06. The predicted octanol–water partition coefficient (Wildman–Crippen LogP) is 4.14. The number of rotatable bonds is 4. The van der Waals surface area contributed by atoms with Crippen LogP contribution in [-0.4, -0.2) is 10.7 Å². The number of nitrogens with zero attached hydrogens (tertiary/aromatic N) is 1. The highest BCUT2D eigenvalue weighted by molar-refractivity contribution is 5.11. The highest BCUT2D eigenvalue weighted by Gasteiger charge is 2.49. The van der Waals surface area contributed by atoms with E-state index in [0.717, 1.165) is 31.6 Å². The Hall–Kier alpha value is -0.550. The van der Waals surface area contributed by atoms with Gasteiger partial charge < -0.3 is 5.11 Å². The van der Waals surface area contributed by atoms with Gasteiger partial charge in [0.1, 0.15) is 0 Å². The number of hydrogen-bond donors (Lipinski definition) is 1. The molecule has 0 bridgehead atoms. The summed E-state index contributed by atoms with van der Waals surface area (Å²) in [6.07, 6.45) is 4.59. The molecule has 1 aliphatic rings. The molecule has 0 aromatic rings. The van der Waals surface area contributed by atoms with Crippen LogP contribution >= 0.6 is 0 Å². The van der Waals surface area contributed by atoms with Gasteiger partial charge in [-0.25, -0.2) is 0 Å². The lowest BCUT2D eigenvalue weighted by atomic mass is 9.60. The summed E-state index contributed by atoms with van der Waals surface area (Å²) in [6, 6.07) is 2.47. The first-order chi connectivity index (χ1) is 8.24. The summed E-state index contributed by atoms with van der Waals surface area (Å²) in [5.74, 6) is 1.84. The van der Waals surface area contributed by atoms with Gasteiger partial charge in [0.25, 0.3) is 0 Å². The Labute approximate surface area is 112 Å². The van der Waals surface area contributed by atoms with Gasteiger partial charge >= 0.3 is 0 Å². The van der Waals surface area contributed by atoms with Crippen LogP contribution in [0.25, 0.3) is 0 Å². The number of aliphatic hydroxyl groups is 1. The van der Waals surface area contributed by atoms with Gasteiger partial charge in [0.15, 0.2) is 0 Å². The molecule has 1 fully saturated rings. The molecule has 18 heavy (non-hydrogen) atoms. The van der Waals surface area contributed by atoms with Crippen LogP contribution in [-0.2, 0) is 0 Å². The maximum Gasteiger partial charge on any atom is 0.0857 e. The lowest BCUT2D eigenvalue weighted by Gasteiger charge is -2.46. The average Bonchev–Trinajstić information content (AvgIpc) is 2.27. The molecule has 0 saturated heterocycles. The van der Waals surface area contributed by atoms with Crippen LogP contribution in [0.5, 0.6) is 0 Å². The highest BCUT2D eigenvalue weighted by atomic mass is 16.3. The minimum atomic E-state index is -0.849. The van der Waals surface area contributed by atoms with Crippen molar-refractivity contribution in [3.05, 3.63) is 0 Å². The monoisotopic (exact) mass is 251 g/mol. The fourth-order valence-corrected chi connectivity index (χ4v) is 3.56. The highest BCUT2D eigenvalue weighted by Crippen LogP contribution is 2.49. The molecule has 2 nitrogen and oxygen atoms in total. The topological polar surface area (TPSA) is 44.0 Å². The molecule has 1 aliphatic carbocycles. The van der Waals surface area contributed by atoms with Gasteiger partial charge in [0.05, 0.1) is 17.1 Å². The Morgan fingerprint density at radius 1 is 1.28 bits per heavy atom. The minimum Gasteiger partial charge on any atom is -0.389 e. The van der Waals surface area contributed by atoms with Crippen LogP contribution in [0.15, 0.2) is 0 Å². The lowest BCUT2D eigenvalue weighted by Crippen LogP contribution is -2.48. The van der Waals surface area contributed by atoms with Crippen LogP contribution in [0.2, 0.25) is 0 Å². The summed E-state index contributed by atoms with van der Waals surface area (Å²) in [5.41, 5.74) is -1.37. The fraction of sp³-hybridized carbons (Fsp3) is 0.938. The Balaban J connectivity index is 2.81. The van der Waals surface area contributed by atoms with E-state index in [1.807, 2.05) is 6.92 Å². The molecular formula is C16H29NO. The van der Waals surface area contributed by atoms with E-state index in [0.29, 0.717) is 18.3 Å². The van der Waals surface area contributed by atoms with Crippen molar-refractivity contribution >= 4 is 0 Å². The average molecular weight is 251 g/mol. The Kier molecular flexibility index (Phi) is 4.84. The van der Waals surface area contributed by atoms with Gasteiger partial charge in [-0.1, -0.05) is 27.7 Å². The third-order valence-electron chi connectivity index (χ3n) is 4.88. The van der Waals surface area contributed by atoms with E-state index in [1.54, 1.807) is 0 Å². The van der Waals surface area contributed by atoms with Crippen molar-refractivity contribution in [2.24, 2.45) is 23.2 Å². The first-order valence-corrected chi connectivity index (χ1v) is 7.38. The summed E-state index contributed by atoms with van der Waals surface area (Å²) >= 11 is 0. The SMILES string of the molecule is CC(C)CC(C)(O)C1(C#N)CCC(C(C)C)CC1. The minimum absolute atomic E-state index is 0.424. The molecule has 0 spiro atoms. The molecule has 0 aromatic carbocycles. The summed E-state index contributed by atoms with van der Waals surface area (Å²) in [4.78, 5) is 0. The van der Waals surface area contributed by atoms with Crippen LogP contribution in [0.3, 0.4) is 0 Å². The van der Waals surface area contributed by atoms with Crippen LogP contribution < -0.4 is 0 Å². The second kappa shape index (κ2) is 5.61. The zero-order chi connectivity index (χ0) is 14.0. The van der Waals surface area contributed by atoms with Crippen molar-refractivity contribution < 1.29 is 5.11 Å². The van der Waals surface area contributed by atoms with Crippen molar-refractivity contribution in [1.82, 2.24) is 0 Å². The fourth-order valence-electron chi connectivity index (χ4n) is 3.56. The van der Waals surface area contributed by atoms with Gasteiger partial charge in [-0.05, 0) is 56.8 Å². The van der Waals surface area contributed by atoms with Crippen molar-refractivity contribution in [3.8, 4) is 6.07 Å². The van der Waals surface area contributed by atoms with Crippen LogP contribution in [0.1, 0.15) is 66.7 Å². The first-order valence-electron chi connectivity index (χ1n) is 7.38. The molecular weight excluding hydrogens is 222 g/mol. The molecule has 1 rings (SSSR count). The van der Waals surface area contributed by atoms with Gasteiger partial charge in [0.2, 0.25) is 0 Å². The van der Waals surface area contributed by atoms with E-state index in [9.17, 15) is 10.4 Å². The van der Waals surface area contributed by atoms with E-state index in [-0.39, 0.29) is 0 Å². The van der Waals surface area contributed by atoms with Crippen molar-refractivity contribution in [3.63, 3.8) is 0 Å². The zero-order valence-corrected chi connectivity index (χ0v) is 12.7. The predicted molar refractivity (Wildman–Crippen MR) is 74.9 cm³/mol.